The van der Waals surface area contributed by atoms with Crippen LogP contribution < -0.4 is 28.9 Å². The minimum absolute atomic E-state index is 0.0130. The van der Waals surface area contributed by atoms with Gasteiger partial charge in [0.05, 0.1) is 51.3 Å². The van der Waals surface area contributed by atoms with E-state index in [0.717, 1.165) is 89.2 Å². The number of rotatable bonds is 23. The van der Waals surface area contributed by atoms with Crippen LogP contribution in [0.15, 0.2) is 96.0 Å². The number of nitrogens with zero attached hydrogens (tertiary/aromatic N) is 4. The van der Waals surface area contributed by atoms with Gasteiger partial charge >= 0.3 is 5.97 Å². The molecular formula is C59H68N4O9S. The molecule has 0 aliphatic carbocycles. The molecule has 384 valence electrons. The Kier molecular flexibility index (Phi) is 16.4. The molecule has 4 aliphatic heterocycles. The van der Waals surface area contributed by atoms with Crippen LogP contribution in [0.25, 0.3) is 0 Å². The Labute approximate surface area is 434 Å². The Balaban J connectivity index is 0.997. The zero-order valence-corrected chi connectivity index (χ0v) is 43.9. The molecule has 4 aliphatic rings. The topological polar surface area (TPSA) is 129 Å². The molecule has 9 rings (SSSR count). The van der Waals surface area contributed by atoms with E-state index in [2.05, 4.69) is 56.0 Å². The number of benzene rings is 5. The predicted molar refractivity (Wildman–Crippen MR) is 289 cm³/mol. The third-order valence-corrected chi connectivity index (χ3v) is 15.4. The van der Waals surface area contributed by atoms with Gasteiger partial charge in [-0.25, -0.2) is 0 Å². The molecule has 73 heavy (non-hydrogen) atoms. The second kappa shape index (κ2) is 23.2. The molecule has 2 atom stereocenters. The molecule has 2 amide bonds. The Bertz CT molecular complexity index is 2850. The number of hydrogen-bond donors (Lipinski definition) is 0. The number of ether oxygens (including phenoxy) is 6. The van der Waals surface area contributed by atoms with Crippen molar-refractivity contribution in [2.75, 3.05) is 74.2 Å². The fourth-order valence-electron chi connectivity index (χ4n) is 10.4. The highest BCUT2D eigenvalue weighted by Crippen LogP contribution is 2.42. The number of esters is 1. The van der Waals surface area contributed by atoms with Gasteiger partial charge in [0.15, 0.2) is 11.5 Å². The number of amides is 2. The van der Waals surface area contributed by atoms with Crippen LogP contribution in [0.5, 0.6) is 17.2 Å². The number of para-hydroxylation sites is 2. The third-order valence-electron chi connectivity index (χ3n) is 14.0. The molecule has 13 nitrogen and oxygen atoms in total. The Morgan fingerprint density at radius 2 is 1.45 bits per heavy atom. The van der Waals surface area contributed by atoms with Crippen molar-refractivity contribution >= 4 is 58.5 Å². The minimum Gasteiger partial charge on any atom is -0.493 e. The van der Waals surface area contributed by atoms with E-state index in [1.165, 1.54) is 12.7 Å². The van der Waals surface area contributed by atoms with Gasteiger partial charge < -0.3 is 38.2 Å². The summed E-state index contributed by atoms with van der Waals surface area (Å²) in [6.07, 6.45) is 7.07. The predicted octanol–water partition coefficient (Wildman–Crippen LogP) is 10.7. The molecule has 5 aromatic rings. The molecule has 4 heterocycles. The normalized spacial score (nSPS) is 16.4. The standard InChI is InChI=1S/C59H68N4O9S/c1-7-21-69-23-24-70-22-20-61(38-59(3,4)73-25-12-17-56(64)68-6)46-28-40(36-71-53-34-50-49(26-39(53)2)58(66)63-47(35-60-50)31-44-14-9-11-16-52(44)63)27-41(29-46)37-72-55-32-42-18-19-45-30-43-13-8-10-15-51(43)62(45)57(65)48(42)33-54(55)67-5/h8-11,13-16,26-29,32-35,45,47H,7,12,17-25,30-31,36-38H2,1-6H3/t45-,47+/m1/s1. The number of aliphatic imine (C=N–C) groups is 1. The van der Waals surface area contributed by atoms with Crippen molar-refractivity contribution in [2.45, 2.75) is 103 Å². The largest absolute Gasteiger partial charge is 0.493 e. The summed E-state index contributed by atoms with van der Waals surface area (Å²) in [5, 5.41) is 0. The smallest absolute Gasteiger partial charge is 0.305 e. The number of thioether (sulfide) groups is 1. The van der Waals surface area contributed by atoms with E-state index in [1.54, 1.807) is 7.11 Å². The van der Waals surface area contributed by atoms with Crippen molar-refractivity contribution < 1.29 is 42.8 Å². The number of methoxy groups -OCH3 is 2. The van der Waals surface area contributed by atoms with E-state index >= 15 is 0 Å². The quantitative estimate of drug-likeness (QED) is 0.0458. The highest BCUT2D eigenvalue weighted by atomic mass is 32.2. The summed E-state index contributed by atoms with van der Waals surface area (Å²) in [6, 6.07) is 30.2. The zero-order chi connectivity index (χ0) is 51.1. The van der Waals surface area contributed by atoms with Crippen LogP contribution >= 0.6 is 11.8 Å². The summed E-state index contributed by atoms with van der Waals surface area (Å²) in [5.74, 6) is 2.22. The van der Waals surface area contributed by atoms with E-state index in [9.17, 15) is 14.4 Å². The first kappa shape index (κ1) is 51.5. The highest BCUT2D eigenvalue weighted by molar-refractivity contribution is 8.00. The average Bonchev–Trinajstić information content (AvgIpc) is 3.89. The molecule has 0 aromatic heterocycles. The molecule has 0 radical (unpaired) electrons. The summed E-state index contributed by atoms with van der Waals surface area (Å²) < 4.78 is 35.9. The molecule has 14 heteroatoms. The maximum absolute atomic E-state index is 14.3. The van der Waals surface area contributed by atoms with Gasteiger partial charge in [0.1, 0.15) is 19.0 Å². The summed E-state index contributed by atoms with van der Waals surface area (Å²) in [4.78, 5) is 51.4. The maximum Gasteiger partial charge on any atom is 0.305 e. The molecule has 0 saturated carbocycles. The summed E-state index contributed by atoms with van der Waals surface area (Å²) >= 11 is 1.83. The number of fused-ring (bicyclic) bond motifs is 8. The third kappa shape index (κ3) is 11.9. The second-order valence-electron chi connectivity index (χ2n) is 19.9. The molecule has 0 N–H and O–H groups in total. The lowest BCUT2D eigenvalue weighted by molar-refractivity contribution is -0.140. The first-order chi connectivity index (χ1) is 35.4. The lowest BCUT2D eigenvalue weighted by Gasteiger charge is -2.34. The Hall–Kier alpha value is -6.35. The van der Waals surface area contributed by atoms with Crippen LogP contribution in [0.3, 0.4) is 0 Å². The lowest BCUT2D eigenvalue weighted by Crippen LogP contribution is -2.39. The number of hydrogen-bond acceptors (Lipinski definition) is 12. The highest BCUT2D eigenvalue weighted by Gasteiger charge is 2.39. The summed E-state index contributed by atoms with van der Waals surface area (Å²) in [5.41, 5.74) is 10.6. The van der Waals surface area contributed by atoms with E-state index in [1.807, 2.05) is 95.4 Å². The molecular weight excluding hydrogens is 941 g/mol. The van der Waals surface area contributed by atoms with Crippen LogP contribution in [0.4, 0.5) is 22.7 Å². The van der Waals surface area contributed by atoms with Gasteiger partial charge in [-0.1, -0.05) is 43.3 Å². The van der Waals surface area contributed by atoms with Crippen LogP contribution in [-0.4, -0.2) is 100 Å². The molecule has 0 fully saturated rings. The molecule has 0 saturated heterocycles. The van der Waals surface area contributed by atoms with Crippen LogP contribution in [-0.2, 0) is 51.5 Å². The fraction of sp³-hybridized carbons (Fsp3) is 0.424. The first-order valence-electron chi connectivity index (χ1n) is 25.7. The Morgan fingerprint density at radius 3 is 2.18 bits per heavy atom. The van der Waals surface area contributed by atoms with Crippen molar-refractivity contribution in [1.82, 2.24) is 0 Å². The number of carbonyl (C=O) groups excluding carboxylic acids is 3. The average molecular weight is 1010 g/mol. The van der Waals surface area contributed by atoms with E-state index in [0.29, 0.717) is 80.0 Å². The molecule has 0 unspecified atom stereocenters. The van der Waals surface area contributed by atoms with Gasteiger partial charge in [0.25, 0.3) is 11.8 Å². The SMILES string of the molecule is CCCOCCOCCN(CC(C)(C)SCCCC(=O)OC)c1cc(COc2cc3c(cc2C)C(=O)N2c4ccccc4C[C@H]2C=N3)cc(COc2cc3c(cc2OC)C(=O)N2c4ccccc4C[C@H]2CC3)c1. The molecule has 0 spiro atoms. The number of anilines is 3. The van der Waals surface area contributed by atoms with Gasteiger partial charge in [0, 0.05) is 78.2 Å². The minimum atomic E-state index is -0.207. The van der Waals surface area contributed by atoms with Crippen LogP contribution in [0, 0.1) is 6.92 Å². The van der Waals surface area contributed by atoms with Gasteiger partial charge in [-0.3, -0.25) is 24.3 Å². The van der Waals surface area contributed by atoms with Crippen LogP contribution in [0.2, 0.25) is 0 Å². The van der Waals surface area contributed by atoms with E-state index in [4.69, 9.17) is 33.4 Å². The number of carbonyl (C=O) groups is 3. The maximum atomic E-state index is 14.3. The van der Waals surface area contributed by atoms with Crippen molar-refractivity contribution in [3.63, 3.8) is 0 Å². The van der Waals surface area contributed by atoms with Crippen molar-refractivity contribution in [2.24, 2.45) is 4.99 Å². The summed E-state index contributed by atoms with van der Waals surface area (Å²) in [7, 11) is 3.04. The van der Waals surface area contributed by atoms with Gasteiger partial charge in [-0.15, -0.1) is 0 Å². The fourth-order valence-corrected chi connectivity index (χ4v) is 11.5. The monoisotopic (exact) mass is 1010 g/mol. The number of aryl methyl sites for hydroxylation is 2. The van der Waals surface area contributed by atoms with Crippen LogP contribution in [0.1, 0.15) is 101 Å². The molecule has 0 bridgehead atoms. The van der Waals surface area contributed by atoms with Gasteiger partial charge in [-0.05, 0) is 141 Å². The van der Waals surface area contributed by atoms with E-state index in [-0.39, 0.29) is 47.8 Å². The first-order valence-corrected chi connectivity index (χ1v) is 26.6. The Morgan fingerprint density at radius 1 is 0.767 bits per heavy atom. The zero-order valence-electron chi connectivity index (χ0n) is 43.1. The lowest BCUT2D eigenvalue weighted by atomic mass is 9.99. The summed E-state index contributed by atoms with van der Waals surface area (Å²) in [6.45, 7) is 12.5. The van der Waals surface area contributed by atoms with Gasteiger partial charge in [-0.2, -0.15) is 11.8 Å². The molecule has 5 aromatic carbocycles. The van der Waals surface area contributed by atoms with E-state index < -0.39 is 0 Å². The van der Waals surface area contributed by atoms with Crippen molar-refractivity contribution in [1.29, 1.82) is 0 Å². The second-order valence-corrected chi connectivity index (χ2v) is 21.7. The van der Waals surface area contributed by atoms with Crippen molar-refractivity contribution in [3.05, 3.63) is 136 Å². The van der Waals surface area contributed by atoms with Crippen molar-refractivity contribution in [3.8, 4) is 17.2 Å². The van der Waals surface area contributed by atoms with Gasteiger partial charge in [0.2, 0.25) is 0 Å².